The number of nitrogens with zero attached hydrogens (tertiary/aromatic N) is 1. The van der Waals surface area contributed by atoms with Crippen LogP contribution in [0.25, 0.3) is 0 Å². The van der Waals surface area contributed by atoms with Crippen LogP contribution in [0.5, 0.6) is 5.75 Å². The Kier molecular flexibility index (Phi) is 9.38. The fourth-order valence-corrected chi connectivity index (χ4v) is 5.68. The Hall–Kier alpha value is -3.97. The minimum atomic E-state index is -1.95. The summed E-state index contributed by atoms with van der Waals surface area (Å²) in [5, 5.41) is 29.2. The Morgan fingerprint density at radius 3 is 2.50 bits per heavy atom. The van der Waals surface area contributed by atoms with E-state index in [4.69, 9.17) is 21.1 Å². The van der Waals surface area contributed by atoms with Gasteiger partial charge in [-0.2, -0.15) is 5.26 Å². The van der Waals surface area contributed by atoms with Gasteiger partial charge in [-0.15, -0.1) is 0 Å². The number of halogens is 1. The van der Waals surface area contributed by atoms with Crippen LogP contribution in [0.15, 0.2) is 89.5 Å². The number of carbonyl (C=O) groups is 2. The van der Waals surface area contributed by atoms with Crippen LogP contribution in [0.1, 0.15) is 24.0 Å². The summed E-state index contributed by atoms with van der Waals surface area (Å²) in [5.41, 5.74) is -0.209. The molecule has 0 saturated heterocycles. The van der Waals surface area contributed by atoms with Gasteiger partial charge in [0.2, 0.25) is 5.91 Å². The van der Waals surface area contributed by atoms with E-state index in [0.717, 1.165) is 11.8 Å². The molecule has 0 bridgehead atoms. The highest BCUT2D eigenvalue weighted by atomic mass is 35.5. The number of nitriles is 1. The van der Waals surface area contributed by atoms with Crippen molar-refractivity contribution in [3.05, 3.63) is 106 Å². The predicted molar refractivity (Wildman–Crippen MR) is 155 cm³/mol. The van der Waals surface area contributed by atoms with Crippen LogP contribution in [0.2, 0.25) is 5.02 Å². The van der Waals surface area contributed by atoms with Gasteiger partial charge >= 0.3 is 5.97 Å². The molecule has 40 heavy (non-hydrogen) atoms. The number of benzene rings is 3. The van der Waals surface area contributed by atoms with Gasteiger partial charge in [0.15, 0.2) is 5.72 Å². The molecule has 3 aromatic carbocycles. The summed E-state index contributed by atoms with van der Waals surface area (Å²) in [7, 11) is 1.54. The van der Waals surface area contributed by atoms with E-state index < -0.39 is 23.5 Å². The molecular weight excluding hydrogens is 550 g/mol. The van der Waals surface area contributed by atoms with Gasteiger partial charge < -0.3 is 25.2 Å². The number of nitrogens with one attached hydrogen (secondary N) is 2. The van der Waals surface area contributed by atoms with Crippen molar-refractivity contribution < 1.29 is 24.2 Å². The molecular formula is C30H28ClN3O5S. The Labute approximate surface area is 241 Å². The normalized spacial score (nSPS) is 20.2. The summed E-state index contributed by atoms with van der Waals surface area (Å²) in [6, 6.07) is 24.6. The first-order valence-corrected chi connectivity index (χ1v) is 13.9. The zero-order valence-corrected chi connectivity index (χ0v) is 23.5. The number of thioether (sulfide) groups is 1. The van der Waals surface area contributed by atoms with Crippen LogP contribution in [-0.2, 0) is 20.1 Å². The lowest BCUT2D eigenvalue weighted by Crippen LogP contribution is -2.56. The van der Waals surface area contributed by atoms with Gasteiger partial charge in [0.1, 0.15) is 11.7 Å². The number of hydrogen-bond acceptors (Lipinski definition) is 8. The monoisotopic (exact) mass is 577 g/mol. The molecule has 3 atom stereocenters. The molecule has 3 N–H and O–H groups in total. The highest BCUT2D eigenvalue weighted by Crippen LogP contribution is 2.49. The smallest absolute Gasteiger partial charge is 0.315 e. The van der Waals surface area contributed by atoms with E-state index in [1.807, 2.05) is 0 Å². The molecule has 0 fully saturated rings. The second kappa shape index (κ2) is 12.9. The molecule has 0 aliphatic carbocycles. The van der Waals surface area contributed by atoms with Crippen molar-refractivity contribution in [2.75, 3.05) is 24.8 Å². The number of aliphatic hydroxyl groups is 1. The standard InChI is InChI=1S/C30H28ClN3O5S/c1-3-39-29(36)27-26(19-12-14-21(31)15-13-19)24(17-32)28(34-30(27,37)20-8-5-4-6-9-20)40-18-25(35)33-22-10-7-11-23(16-22)38-2/h4-16,26-27,34,37H,3,18H2,1-2H3,(H,33,35)/t26-,27-,30-/m0/s1. The van der Waals surface area contributed by atoms with Crippen molar-refractivity contribution in [3.8, 4) is 11.8 Å². The maximum Gasteiger partial charge on any atom is 0.315 e. The third-order valence-corrected chi connectivity index (χ3v) is 7.72. The summed E-state index contributed by atoms with van der Waals surface area (Å²) in [6.07, 6.45) is 0. The van der Waals surface area contributed by atoms with E-state index in [1.165, 1.54) is 7.11 Å². The Morgan fingerprint density at radius 2 is 1.85 bits per heavy atom. The first kappa shape index (κ1) is 29.0. The lowest BCUT2D eigenvalue weighted by atomic mass is 9.71. The third kappa shape index (κ3) is 6.26. The third-order valence-electron chi connectivity index (χ3n) is 6.45. The number of esters is 1. The van der Waals surface area contributed by atoms with Gasteiger partial charge in [0, 0.05) is 28.3 Å². The molecule has 1 heterocycles. The van der Waals surface area contributed by atoms with E-state index in [1.54, 1.807) is 85.8 Å². The maximum absolute atomic E-state index is 13.5. The average molecular weight is 578 g/mol. The second-order valence-electron chi connectivity index (χ2n) is 8.94. The number of allylic oxidation sites excluding steroid dienone is 1. The summed E-state index contributed by atoms with van der Waals surface area (Å²) in [5.74, 6) is -2.60. The number of anilines is 1. The Morgan fingerprint density at radius 1 is 1.12 bits per heavy atom. The number of amides is 1. The van der Waals surface area contributed by atoms with Crippen LogP contribution in [0.4, 0.5) is 5.69 Å². The zero-order valence-electron chi connectivity index (χ0n) is 21.9. The molecule has 206 valence electrons. The highest BCUT2D eigenvalue weighted by Gasteiger charge is 2.54. The maximum atomic E-state index is 13.5. The van der Waals surface area contributed by atoms with Gasteiger partial charge in [-0.05, 0) is 36.8 Å². The zero-order chi connectivity index (χ0) is 28.7. The highest BCUT2D eigenvalue weighted by molar-refractivity contribution is 8.03. The Balaban J connectivity index is 1.76. The van der Waals surface area contributed by atoms with Crippen LogP contribution in [0.3, 0.4) is 0 Å². The number of carbonyl (C=O) groups excluding carboxylic acids is 2. The number of rotatable bonds is 9. The molecule has 3 aromatic rings. The van der Waals surface area contributed by atoms with Gasteiger partial charge in [-0.25, -0.2) is 0 Å². The van der Waals surface area contributed by atoms with E-state index in [-0.39, 0.29) is 28.9 Å². The van der Waals surface area contributed by atoms with Crippen molar-refractivity contribution in [1.82, 2.24) is 5.32 Å². The molecule has 1 amide bonds. The lowest BCUT2D eigenvalue weighted by molar-refractivity contribution is -0.164. The Bertz CT molecular complexity index is 1440. The first-order valence-electron chi connectivity index (χ1n) is 12.5. The summed E-state index contributed by atoms with van der Waals surface area (Å²) < 4.78 is 10.6. The van der Waals surface area contributed by atoms with Crippen molar-refractivity contribution in [1.29, 1.82) is 5.26 Å². The molecule has 0 aromatic heterocycles. The number of methoxy groups -OCH3 is 1. The molecule has 0 radical (unpaired) electrons. The number of hydrogen-bond donors (Lipinski definition) is 3. The fourth-order valence-electron chi connectivity index (χ4n) is 4.65. The molecule has 1 aliphatic heterocycles. The SMILES string of the molecule is CCOC(=O)[C@@H]1[C@@H](c2ccc(Cl)cc2)C(C#N)=C(SCC(=O)Nc2cccc(OC)c2)N[C@]1(O)c1ccccc1. The summed E-state index contributed by atoms with van der Waals surface area (Å²) in [6.45, 7) is 1.77. The lowest BCUT2D eigenvalue weighted by Gasteiger charge is -2.45. The van der Waals surface area contributed by atoms with Crippen LogP contribution >= 0.6 is 23.4 Å². The first-order chi connectivity index (χ1) is 19.3. The number of ether oxygens (including phenoxy) is 2. The predicted octanol–water partition coefficient (Wildman–Crippen LogP) is 5.17. The van der Waals surface area contributed by atoms with Crippen LogP contribution in [0, 0.1) is 17.2 Å². The van der Waals surface area contributed by atoms with Gasteiger partial charge in [-0.3, -0.25) is 9.59 Å². The van der Waals surface area contributed by atoms with E-state index in [0.29, 0.717) is 27.6 Å². The van der Waals surface area contributed by atoms with Crippen molar-refractivity contribution in [3.63, 3.8) is 0 Å². The molecule has 4 rings (SSSR count). The minimum Gasteiger partial charge on any atom is -0.497 e. The largest absolute Gasteiger partial charge is 0.497 e. The topological polar surface area (TPSA) is 121 Å². The van der Waals surface area contributed by atoms with Crippen LogP contribution < -0.4 is 15.4 Å². The van der Waals surface area contributed by atoms with Gasteiger partial charge in [0.05, 0.1) is 36.1 Å². The van der Waals surface area contributed by atoms with Crippen LogP contribution in [-0.4, -0.2) is 36.5 Å². The van der Waals surface area contributed by atoms with Crippen molar-refractivity contribution in [2.24, 2.45) is 5.92 Å². The van der Waals surface area contributed by atoms with E-state index in [9.17, 15) is 20.0 Å². The molecule has 0 spiro atoms. The van der Waals surface area contributed by atoms with Gasteiger partial charge in [-0.1, -0.05) is 71.9 Å². The second-order valence-corrected chi connectivity index (χ2v) is 10.4. The molecule has 8 nitrogen and oxygen atoms in total. The van der Waals surface area contributed by atoms with Crippen molar-refractivity contribution in [2.45, 2.75) is 18.6 Å². The summed E-state index contributed by atoms with van der Waals surface area (Å²) in [4.78, 5) is 26.3. The van der Waals surface area contributed by atoms with E-state index in [2.05, 4.69) is 16.7 Å². The summed E-state index contributed by atoms with van der Waals surface area (Å²) >= 11 is 7.19. The van der Waals surface area contributed by atoms with Gasteiger partial charge in [0.25, 0.3) is 0 Å². The fraction of sp³-hybridized carbons (Fsp3) is 0.233. The molecule has 10 heteroatoms. The molecule has 0 saturated carbocycles. The minimum absolute atomic E-state index is 0.0764. The molecule has 0 unspecified atom stereocenters. The molecule has 1 aliphatic rings. The van der Waals surface area contributed by atoms with Crippen molar-refractivity contribution >= 4 is 40.9 Å². The average Bonchev–Trinajstić information content (AvgIpc) is 2.96. The van der Waals surface area contributed by atoms with E-state index >= 15 is 0 Å². The quantitative estimate of drug-likeness (QED) is 0.298.